The summed E-state index contributed by atoms with van der Waals surface area (Å²) in [6, 6.07) is 8.28. The van der Waals surface area contributed by atoms with Gasteiger partial charge >= 0.3 is 6.03 Å². The minimum Gasteiger partial charge on any atom is -0.338 e. The Kier molecular flexibility index (Phi) is 6.48. The van der Waals surface area contributed by atoms with Gasteiger partial charge in [0.05, 0.1) is 0 Å². The first-order valence-electron chi connectivity index (χ1n) is 8.08. The third kappa shape index (κ3) is 4.72. The van der Waals surface area contributed by atoms with Gasteiger partial charge in [-0.25, -0.2) is 4.79 Å². The fourth-order valence-electron chi connectivity index (χ4n) is 3.32. The van der Waals surface area contributed by atoms with Gasteiger partial charge in [-0.3, -0.25) is 4.90 Å². The molecule has 1 N–H and O–H groups in total. The number of rotatable bonds is 5. The molecule has 0 bridgehead atoms. The summed E-state index contributed by atoms with van der Waals surface area (Å²) in [4.78, 5) is 16.1. The van der Waals surface area contributed by atoms with Crippen molar-refractivity contribution < 1.29 is 4.79 Å². The number of halogens is 1. The average molecular weight is 336 g/mol. The Bertz CT molecular complexity index is 549. The lowest BCUT2D eigenvalue weighted by atomic mass is 9.85. The molecule has 0 aromatic heterocycles. The predicted molar refractivity (Wildman–Crippen MR) is 95.8 cm³/mol. The molecule has 0 saturated carbocycles. The van der Waals surface area contributed by atoms with E-state index in [1.807, 2.05) is 18.2 Å². The molecule has 0 spiro atoms. The Hall–Kier alpha value is -1.52. The third-order valence-corrected chi connectivity index (χ3v) is 4.70. The maximum absolute atomic E-state index is 12.1. The molecule has 2 rings (SSSR count). The van der Waals surface area contributed by atoms with Crippen molar-refractivity contribution in [3.05, 3.63) is 47.5 Å². The van der Waals surface area contributed by atoms with Gasteiger partial charge in [0.15, 0.2) is 0 Å². The van der Waals surface area contributed by atoms with Crippen LogP contribution in [0.4, 0.5) is 4.79 Å². The summed E-state index contributed by atoms with van der Waals surface area (Å²) in [6.45, 7) is 5.95. The van der Waals surface area contributed by atoms with Gasteiger partial charge in [-0.05, 0) is 50.0 Å². The minimum absolute atomic E-state index is 0.0528. The van der Waals surface area contributed by atoms with Gasteiger partial charge in [0, 0.05) is 31.2 Å². The summed E-state index contributed by atoms with van der Waals surface area (Å²) in [6.07, 6.45) is 3.98. The Morgan fingerprint density at radius 1 is 1.57 bits per heavy atom. The number of benzene rings is 1. The van der Waals surface area contributed by atoms with Crippen molar-refractivity contribution in [2.24, 2.45) is 5.92 Å². The normalized spacial score (nSPS) is 21.7. The van der Waals surface area contributed by atoms with Crippen molar-refractivity contribution in [1.82, 2.24) is 15.1 Å². The van der Waals surface area contributed by atoms with E-state index in [2.05, 4.69) is 29.9 Å². The van der Waals surface area contributed by atoms with Gasteiger partial charge in [-0.15, -0.1) is 6.58 Å². The van der Waals surface area contributed by atoms with Crippen LogP contribution >= 0.6 is 11.6 Å². The van der Waals surface area contributed by atoms with E-state index in [0.717, 1.165) is 24.4 Å². The molecular weight excluding hydrogens is 310 g/mol. The Morgan fingerprint density at radius 2 is 2.35 bits per heavy atom. The molecule has 2 atom stereocenters. The number of likely N-dealkylation sites (tertiary alicyclic amines) is 1. The Morgan fingerprint density at radius 3 is 3.04 bits per heavy atom. The first-order chi connectivity index (χ1) is 11.0. The zero-order chi connectivity index (χ0) is 16.8. The zero-order valence-corrected chi connectivity index (χ0v) is 14.7. The van der Waals surface area contributed by atoms with Crippen molar-refractivity contribution in [2.75, 3.05) is 33.7 Å². The zero-order valence-electron chi connectivity index (χ0n) is 14.0. The lowest BCUT2D eigenvalue weighted by Crippen LogP contribution is -2.44. The highest BCUT2D eigenvalue weighted by Crippen LogP contribution is 2.35. The molecule has 0 aliphatic carbocycles. The molecule has 1 aromatic rings. The second kappa shape index (κ2) is 8.37. The molecule has 1 aromatic carbocycles. The van der Waals surface area contributed by atoms with Crippen LogP contribution in [0.3, 0.4) is 0 Å². The van der Waals surface area contributed by atoms with E-state index in [0.29, 0.717) is 19.0 Å². The average Bonchev–Trinajstić information content (AvgIpc) is 2.52. The van der Waals surface area contributed by atoms with E-state index in [-0.39, 0.29) is 12.1 Å². The molecule has 1 heterocycles. The molecule has 1 fully saturated rings. The number of nitrogens with zero attached hydrogens (tertiary/aromatic N) is 2. The molecule has 1 saturated heterocycles. The lowest BCUT2D eigenvalue weighted by molar-refractivity contribution is 0.119. The number of amides is 2. The van der Waals surface area contributed by atoms with E-state index in [1.54, 1.807) is 18.0 Å². The summed E-state index contributed by atoms with van der Waals surface area (Å²) in [5.74, 6) is 0.383. The fourth-order valence-corrected chi connectivity index (χ4v) is 3.52. The van der Waals surface area contributed by atoms with Crippen molar-refractivity contribution >= 4 is 17.6 Å². The molecule has 126 valence electrons. The van der Waals surface area contributed by atoms with Crippen molar-refractivity contribution in [2.45, 2.75) is 18.9 Å². The highest BCUT2D eigenvalue weighted by Gasteiger charge is 2.31. The standard InChI is InChI=1S/C18H26ClN3O/c1-4-10-22(3)18(23)20-13-15-8-6-11-21(2)17(15)14-7-5-9-16(19)12-14/h4-5,7,9,12,15,17H,1,6,8,10-11,13H2,2-3H3,(H,20,23). The van der Waals surface area contributed by atoms with E-state index in [9.17, 15) is 4.79 Å². The highest BCUT2D eigenvalue weighted by molar-refractivity contribution is 6.30. The van der Waals surface area contributed by atoms with Crippen LogP contribution in [-0.4, -0.2) is 49.6 Å². The SMILES string of the molecule is C=CCN(C)C(=O)NCC1CCCN(C)C1c1cccc(Cl)c1. The summed E-state index contributed by atoms with van der Waals surface area (Å²) in [7, 11) is 3.92. The second-order valence-corrected chi connectivity index (χ2v) is 6.67. The summed E-state index contributed by atoms with van der Waals surface area (Å²) in [5.41, 5.74) is 1.22. The lowest BCUT2D eigenvalue weighted by Gasteiger charge is -2.40. The van der Waals surface area contributed by atoms with Crippen molar-refractivity contribution in [3.8, 4) is 0 Å². The first kappa shape index (κ1) is 17.8. The third-order valence-electron chi connectivity index (χ3n) is 4.46. The predicted octanol–water partition coefficient (Wildman–Crippen LogP) is 3.55. The molecule has 23 heavy (non-hydrogen) atoms. The fraction of sp³-hybridized carbons (Fsp3) is 0.500. The largest absolute Gasteiger partial charge is 0.338 e. The van der Waals surface area contributed by atoms with Crippen LogP contribution < -0.4 is 5.32 Å². The number of piperidine rings is 1. The maximum atomic E-state index is 12.1. The monoisotopic (exact) mass is 335 g/mol. The van der Waals surface area contributed by atoms with Gasteiger partial charge in [-0.1, -0.05) is 29.8 Å². The first-order valence-corrected chi connectivity index (χ1v) is 8.46. The smallest absolute Gasteiger partial charge is 0.317 e. The topological polar surface area (TPSA) is 35.6 Å². The number of hydrogen-bond donors (Lipinski definition) is 1. The van der Waals surface area contributed by atoms with E-state index < -0.39 is 0 Å². The van der Waals surface area contributed by atoms with Gasteiger partial charge in [0.1, 0.15) is 0 Å². The molecule has 4 nitrogen and oxygen atoms in total. The summed E-state index contributed by atoms with van der Waals surface area (Å²) in [5, 5.41) is 3.81. The van der Waals surface area contributed by atoms with Crippen molar-refractivity contribution in [3.63, 3.8) is 0 Å². The minimum atomic E-state index is -0.0528. The number of carbonyl (C=O) groups excluding carboxylic acids is 1. The number of urea groups is 1. The van der Waals surface area contributed by atoms with Crippen LogP contribution in [0.1, 0.15) is 24.4 Å². The molecule has 0 radical (unpaired) electrons. The van der Waals surface area contributed by atoms with Crippen LogP contribution in [0.5, 0.6) is 0 Å². The number of carbonyl (C=O) groups is 1. The number of nitrogens with one attached hydrogen (secondary N) is 1. The van der Waals surface area contributed by atoms with Gasteiger partial charge in [0.2, 0.25) is 0 Å². The van der Waals surface area contributed by atoms with Gasteiger partial charge in [0.25, 0.3) is 0 Å². The Balaban J connectivity index is 2.06. The van der Waals surface area contributed by atoms with Crippen LogP contribution in [-0.2, 0) is 0 Å². The summed E-state index contributed by atoms with van der Waals surface area (Å²) >= 11 is 6.16. The molecule has 1 aliphatic heterocycles. The molecular formula is C18H26ClN3O. The maximum Gasteiger partial charge on any atom is 0.317 e. The van der Waals surface area contributed by atoms with E-state index in [1.165, 1.54) is 5.56 Å². The quantitative estimate of drug-likeness (QED) is 0.835. The van der Waals surface area contributed by atoms with E-state index in [4.69, 9.17) is 11.6 Å². The number of hydrogen-bond acceptors (Lipinski definition) is 2. The van der Waals surface area contributed by atoms with Crippen LogP contribution in [0, 0.1) is 5.92 Å². The molecule has 2 amide bonds. The van der Waals surface area contributed by atoms with Crippen LogP contribution in [0.15, 0.2) is 36.9 Å². The van der Waals surface area contributed by atoms with Crippen molar-refractivity contribution in [1.29, 1.82) is 0 Å². The van der Waals surface area contributed by atoms with E-state index >= 15 is 0 Å². The highest BCUT2D eigenvalue weighted by atomic mass is 35.5. The summed E-state index contributed by atoms with van der Waals surface area (Å²) < 4.78 is 0. The number of likely N-dealkylation sites (N-methyl/N-ethyl adjacent to an activating group) is 1. The van der Waals surface area contributed by atoms with Gasteiger partial charge in [-0.2, -0.15) is 0 Å². The molecule has 2 unspecified atom stereocenters. The second-order valence-electron chi connectivity index (χ2n) is 6.24. The van der Waals surface area contributed by atoms with Crippen LogP contribution in [0.2, 0.25) is 5.02 Å². The Labute approximate surface area is 144 Å². The molecule has 5 heteroatoms. The van der Waals surface area contributed by atoms with Gasteiger partial charge < -0.3 is 10.2 Å². The molecule has 1 aliphatic rings. The van der Waals surface area contributed by atoms with Crippen LogP contribution in [0.25, 0.3) is 0 Å².